The molecule has 1 unspecified atom stereocenters. The van der Waals surface area contributed by atoms with Gasteiger partial charge in [-0.15, -0.1) is 0 Å². The van der Waals surface area contributed by atoms with Gasteiger partial charge in [-0.05, 0) is 43.5 Å². The number of aromatic nitrogens is 3. The van der Waals surface area contributed by atoms with E-state index in [1.165, 1.54) is 36.9 Å². The van der Waals surface area contributed by atoms with Gasteiger partial charge in [0.1, 0.15) is 0 Å². The van der Waals surface area contributed by atoms with Crippen molar-refractivity contribution < 1.29 is 0 Å². The molecule has 2 aromatic heterocycles. The second-order valence-electron chi connectivity index (χ2n) is 8.20. The normalized spacial score (nSPS) is 22.3. The minimum absolute atomic E-state index is 0.356. The van der Waals surface area contributed by atoms with E-state index in [4.69, 9.17) is 5.10 Å². The summed E-state index contributed by atoms with van der Waals surface area (Å²) in [4.78, 5) is 6.90. The molecule has 28 heavy (non-hydrogen) atoms. The van der Waals surface area contributed by atoms with Crippen molar-refractivity contribution in [3.8, 4) is 11.3 Å². The summed E-state index contributed by atoms with van der Waals surface area (Å²) in [5.74, 6) is 0. The Hall–Kier alpha value is -2.50. The summed E-state index contributed by atoms with van der Waals surface area (Å²) in [6.45, 7) is 5.21. The van der Waals surface area contributed by atoms with Crippen molar-refractivity contribution in [1.29, 1.82) is 0 Å². The summed E-state index contributed by atoms with van der Waals surface area (Å²) in [6.07, 6.45) is 9.84. The van der Waals surface area contributed by atoms with Crippen LogP contribution in [0.4, 0.5) is 0 Å². The lowest BCUT2D eigenvalue weighted by Crippen LogP contribution is -2.42. The van der Waals surface area contributed by atoms with Crippen molar-refractivity contribution in [2.45, 2.75) is 37.9 Å². The van der Waals surface area contributed by atoms with E-state index in [0.29, 0.717) is 5.54 Å². The lowest BCUT2D eigenvalue weighted by molar-refractivity contribution is 0.291. The summed E-state index contributed by atoms with van der Waals surface area (Å²) >= 11 is 0. The number of pyridine rings is 1. The van der Waals surface area contributed by atoms with Gasteiger partial charge >= 0.3 is 0 Å². The standard InChI is InChI=1S/C23H27N5/c1-2-6-19(7-3-1)15-28-17-21(22(26-28)20-8-4-11-24-14-20)16-27-13-10-23(18-27)9-5-12-25-23/h1-4,6-8,11,14,17,25H,5,9-10,12-13,15-16,18H2. The highest BCUT2D eigenvalue weighted by atomic mass is 15.3. The monoisotopic (exact) mass is 373 g/mol. The Morgan fingerprint density at radius 2 is 1.96 bits per heavy atom. The second kappa shape index (κ2) is 7.49. The van der Waals surface area contributed by atoms with Gasteiger partial charge in [0.25, 0.3) is 0 Å². The van der Waals surface area contributed by atoms with Crippen molar-refractivity contribution in [2.24, 2.45) is 0 Å². The van der Waals surface area contributed by atoms with E-state index in [1.54, 1.807) is 0 Å². The van der Waals surface area contributed by atoms with Crippen LogP contribution in [0.2, 0.25) is 0 Å². The number of hydrogen-bond acceptors (Lipinski definition) is 4. The molecule has 0 radical (unpaired) electrons. The quantitative estimate of drug-likeness (QED) is 0.745. The zero-order valence-corrected chi connectivity index (χ0v) is 16.2. The molecule has 0 saturated carbocycles. The van der Waals surface area contributed by atoms with E-state index in [1.807, 2.05) is 18.5 Å². The van der Waals surface area contributed by atoms with Gasteiger partial charge in [-0.1, -0.05) is 30.3 Å². The van der Waals surface area contributed by atoms with Crippen molar-refractivity contribution in [3.63, 3.8) is 0 Å². The first-order valence-electron chi connectivity index (χ1n) is 10.3. The SMILES string of the molecule is c1ccc(Cn2cc(CN3CCC4(CCCN4)C3)c(-c3cccnc3)n2)cc1. The Balaban J connectivity index is 1.40. The van der Waals surface area contributed by atoms with Gasteiger partial charge < -0.3 is 5.32 Å². The lowest BCUT2D eigenvalue weighted by atomic mass is 9.97. The fourth-order valence-corrected chi connectivity index (χ4v) is 4.73. The predicted molar refractivity (Wildman–Crippen MR) is 111 cm³/mol. The van der Waals surface area contributed by atoms with Crippen molar-refractivity contribution >= 4 is 0 Å². The highest BCUT2D eigenvalue weighted by molar-refractivity contribution is 5.61. The van der Waals surface area contributed by atoms with E-state index in [-0.39, 0.29) is 0 Å². The van der Waals surface area contributed by atoms with Crippen molar-refractivity contribution in [1.82, 2.24) is 25.0 Å². The van der Waals surface area contributed by atoms with Crippen molar-refractivity contribution in [3.05, 3.63) is 72.2 Å². The first kappa shape index (κ1) is 17.6. The predicted octanol–water partition coefficient (Wildman–Crippen LogP) is 3.32. The molecule has 4 heterocycles. The molecule has 3 aromatic rings. The summed E-state index contributed by atoms with van der Waals surface area (Å²) in [6, 6.07) is 14.6. The second-order valence-corrected chi connectivity index (χ2v) is 8.20. The summed E-state index contributed by atoms with van der Waals surface area (Å²) in [5, 5.41) is 8.70. The minimum Gasteiger partial charge on any atom is -0.310 e. The molecule has 0 amide bonds. The molecular formula is C23H27N5. The molecule has 1 spiro atoms. The summed E-state index contributed by atoms with van der Waals surface area (Å²) in [5.41, 5.74) is 5.07. The molecule has 5 heteroatoms. The number of benzene rings is 1. The fourth-order valence-electron chi connectivity index (χ4n) is 4.73. The van der Waals surface area contributed by atoms with Crippen LogP contribution in [0.25, 0.3) is 11.3 Å². The van der Waals surface area contributed by atoms with Crippen LogP contribution in [0, 0.1) is 0 Å². The van der Waals surface area contributed by atoms with E-state index in [9.17, 15) is 0 Å². The Morgan fingerprint density at radius 3 is 2.75 bits per heavy atom. The highest BCUT2D eigenvalue weighted by Gasteiger charge is 2.40. The number of likely N-dealkylation sites (tertiary alicyclic amines) is 1. The highest BCUT2D eigenvalue weighted by Crippen LogP contribution is 2.32. The first-order chi connectivity index (χ1) is 13.8. The summed E-state index contributed by atoms with van der Waals surface area (Å²) < 4.78 is 2.08. The van der Waals surface area contributed by atoms with Crippen molar-refractivity contribution in [2.75, 3.05) is 19.6 Å². The molecule has 2 fully saturated rings. The topological polar surface area (TPSA) is 46.0 Å². The Kier molecular flexibility index (Phi) is 4.71. The maximum atomic E-state index is 4.94. The van der Waals surface area contributed by atoms with Gasteiger partial charge in [0.05, 0.1) is 12.2 Å². The first-order valence-corrected chi connectivity index (χ1v) is 10.3. The third-order valence-corrected chi connectivity index (χ3v) is 6.12. The Morgan fingerprint density at radius 1 is 1.04 bits per heavy atom. The molecule has 5 nitrogen and oxygen atoms in total. The Bertz CT molecular complexity index is 913. The smallest absolute Gasteiger partial charge is 0.0983 e. The maximum absolute atomic E-state index is 4.94. The van der Waals surface area contributed by atoms with E-state index in [2.05, 4.69) is 62.5 Å². The van der Waals surface area contributed by atoms with Gasteiger partial charge in [-0.2, -0.15) is 5.10 Å². The van der Waals surface area contributed by atoms with Gasteiger partial charge in [-0.25, -0.2) is 0 Å². The van der Waals surface area contributed by atoms with Crippen LogP contribution in [0.15, 0.2) is 61.1 Å². The lowest BCUT2D eigenvalue weighted by Gasteiger charge is -2.24. The molecular weight excluding hydrogens is 346 g/mol. The van der Waals surface area contributed by atoms with Crippen LogP contribution in [0.5, 0.6) is 0 Å². The van der Waals surface area contributed by atoms with Gasteiger partial charge in [-0.3, -0.25) is 14.6 Å². The summed E-state index contributed by atoms with van der Waals surface area (Å²) in [7, 11) is 0. The average Bonchev–Trinajstić information content (AvgIpc) is 3.46. The van der Waals surface area contributed by atoms with E-state index >= 15 is 0 Å². The number of rotatable bonds is 5. The fraction of sp³-hybridized carbons (Fsp3) is 0.391. The van der Waals surface area contributed by atoms with Crippen LogP contribution in [0.3, 0.4) is 0 Å². The van der Waals surface area contributed by atoms with E-state index < -0.39 is 0 Å². The zero-order chi connectivity index (χ0) is 18.8. The van der Waals surface area contributed by atoms with Crippen LogP contribution in [-0.2, 0) is 13.1 Å². The van der Waals surface area contributed by atoms with E-state index in [0.717, 1.165) is 37.4 Å². The van der Waals surface area contributed by atoms with Gasteiger partial charge in [0.15, 0.2) is 0 Å². The number of hydrogen-bond donors (Lipinski definition) is 1. The molecule has 1 N–H and O–H groups in total. The zero-order valence-electron chi connectivity index (χ0n) is 16.2. The molecule has 1 atom stereocenters. The number of nitrogens with zero attached hydrogens (tertiary/aromatic N) is 4. The van der Waals surface area contributed by atoms with Gasteiger partial charge in [0.2, 0.25) is 0 Å². The van der Waals surface area contributed by atoms with Crippen LogP contribution in [0.1, 0.15) is 30.4 Å². The van der Waals surface area contributed by atoms with Crippen LogP contribution < -0.4 is 5.32 Å². The Labute approximate surface area is 166 Å². The molecule has 5 rings (SSSR count). The molecule has 0 bridgehead atoms. The molecule has 1 aromatic carbocycles. The van der Waals surface area contributed by atoms with Gasteiger partial charge in [0, 0.05) is 54.9 Å². The average molecular weight is 374 g/mol. The van der Waals surface area contributed by atoms with Crippen LogP contribution >= 0.6 is 0 Å². The third kappa shape index (κ3) is 3.60. The minimum atomic E-state index is 0.356. The number of nitrogens with one attached hydrogen (secondary N) is 1. The molecule has 144 valence electrons. The largest absolute Gasteiger partial charge is 0.310 e. The van der Waals surface area contributed by atoms with Crippen LogP contribution in [-0.4, -0.2) is 44.8 Å². The molecule has 2 aliphatic heterocycles. The third-order valence-electron chi connectivity index (χ3n) is 6.12. The molecule has 2 saturated heterocycles. The molecule has 0 aliphatic carbocycles. The molecule has 2 aliphatic rings. The maximum Gasteiger partial charge on any atom is 0.0983 e.